The van der Waals surface area contributed by atoms with Crippen LogP contribution in [0, 0.1) is 0 Å². The number of hydrogen-bond acceptors (Lipinski definition) is 4. The van der Waals surface area contributed by atoms with E-state index in [2.05, 4.69) is 0 Å². The van der Waals surface area contributed by atoms with E-state index < -0.39 is 5.60 Å². The SMILES string of the molecule is CC(=O)Sc1c(Cl)ccc2c1CCN(C(=O)OC(C)(C)C)CC2. The number of hydrogen-bond donors (Lipinski definition) is 0. The lowest BCUT2D eigenvalue weighted by molar-refractivity contribution is -0.109. The maximum Gasteiger partial charge on any atom is 0.410 e. The zero-order valence-corrected chi connectivity index (χ0v) is 15.5. The first-order valence-corrected chi connectivity index (χ1v) is 8.83. The minimum Gasteiger partial charge on any atom is -0.444 e. The van der Waals surface area contributed by atoms with Crippen molar-refractivity contribution >= 4 is 34.6 Å². The Labute approximate surface area is 146 Å². The largest absolute Gasteiger partial charge is 0.444 e. The van der Waals surface area contributed by atoms with Gasteiger partial charge in [-0.15, -0.1) is 0 Å². The molecule has 1 aromatic carbocycles. The van der Waals surface area contributed by atoms with Gasteiger partial charge in [-0.3, -0.25) is 4.79 Å². The third-order valence-corrected chi connectivity index (χ3v) is 4.87. The highest BCUT2D eigenvalue weighted by molar-refractivity contribution is 8.13. The van der Waals surface area contributed by atoms with E-state index in [9.17, 15) is 9.59 Å². The number of fused-ring (bicyclic) bond motifs is 1. The Morgan fingerprint density at radius 3 is 2.48 bits per heavy atom. The minimum absolute atomic E-state index is 0.00791. The van der Waals surface area contributed by atoms with Gasteiger partial charge >= 0.3 is 6.09 Å². The van der Waals surface area contributed by atoms with Crippen LogP contribution in [-0.2, 0) is 22.4 Å². The van der Waals surface area contributed by atoms with Gasteiger partial charge in [0, 0.05) is 24.9 Å². The molecule has 126 valence electrons. The highest BCUT2D eigenvalue weighted by atomic mass is 35.5. The summed E-state index contributed by atoms with van der Waals surface area (Å²) in [5, 5.41) is 0.600. The molecule has 0 bridgehead atoms. The van der Waals surface area contributed by atoms with Crippen molar-refractivity contribution in [2.24, 2.45) is 0 Å². The fourth-order valence-corrected chi connectivity index (χ4v) is 3.63. The topological polar surface area (TPSA) is 46.6 Å². The Bertz CT molecular complexity index is 625. The summed E-state index contributed by atoms with van der Waals surface area (Å²) in [5.74, 6) is 0. The molecule has 1 aromatic rings. The standard InChI is InChI=1S/C17H22ClNO3S/c1-11(20)23-15-13-8-10-19(16(21)22-17(2,3)4)9-7-12(13)5-6-14(15)18/h5-6H,7-10H2,1-4H3. The van der Waals surface area contributed by atoms with E-state index in [1.807, 2.05) is 32.9 Å². The van der Waals surface area contributed by atoms with Crippen LogP contribution in [-0.4, -0.2) is 34.8 Å². The number of ether oxygens (including phenoxy) is 1. The number of amides is 1. The molecule has 4 nitrogen and oxygen atoms in total. The molecule has 0 spiro atoms. The quantitative estimate of drug-likeness (QED) is 0.704. The van der Waals surface area contributed by atoms with Crippen LogP contribution in [0.5, 0.6) is 0 Å². The smallest absolute Gasteiger partial charge is 0.410 e. The number of halogens is 1. The Balaban J connectivity index is 2.20. The summed E-state index contributed by atoms with van der Waals surface area (Å²) in [5.41, 5.74) is 1.71. The van der Waals surface area contributed by atoms with Gasteiger partial charge in [-0.05, 0) is 50.8 Å². The minimum atomic E-state index is -0.505. The number of thioether (sulfide) groups is 1. The summed E-state index contributed by atoms with van der Waals surface area (Å²) < 4.78 is 5.45. The fourth-order valence-electron chi connectivity index (χ4n) is 2.53. The van der Waals surface area contributed by atoms with Gasteiger partial charge in [0.05, 0.1) is 5.02 Å². The normalized spacial score (nSPS) is 14.9. The van der Waals surface area contributed by atoms with E-state index in [0.29, 0.717) is 24.5 Å². The Morgan fingerprint density at radius 2 is 1.87 bits per heavy atom. The molecule has 0 aromatic heterocycles. The zero-order valence-electron chi connectivity index (χ0n) is 13.9. The highest BCUT2D eigenvalue weighted by Crippen LogP contribution is 2.35. The van der Waals surface area contributed by atoms with Gasteiger partial charge in [-0.1, -0.05) is 29.4 Å². The monoisotopic (exact) mass is 355 g/mol. The predicted octanol–water partition coefficient (Wildman–Crippen LogP) is 4.31. The van der Waals surface area contributed by atoms with Crippen LogP contribution < -0.4 is 0 Å². The third-order valence-electron chi connectivity index (χ3n) is 3.49. The Morgan fingerprint density at radius 1 is 1.22 bits per heavy atom. The van der Waals surface area contributed by atoms with Crippen LogP contribution in [0.25, 0.3) is 0 Å². The lowest BCUT2D eigenvalue weighted by atomic mass is 10.0. The molecular formula is C17H22ClNO3S. The van der Waals surface area contributed by atoms with E-state index in [-0.39, 0.29) is 11.2 Å². The number of benzene rings is 1. The summed E-state index contributed by atoms with van der Waals surface area (Å²) >= 11 is 7.43. The average molecular weight is 356 g/mol. The second-order valence-electron chi connectivity index (χ2n) is 6.58. The maximum absolute atomic E-state index is 12.3. The van der Waals surface area contributed by atoms with Crippen LogP contribution in [0.2, 0.25) is 5.02 Å². The molecule has 0 fully saturated rings. The molecule has 1 aliphatic rings. The molecule has 0 unspecified atom stereocenters. The Hall–Kier alpha value is -1.20. The molecule has 0 saturated carbocycles. The summed E-state index contributed by atoms with van der Waals surface area (Å²) in [7, 11) is 0. The first-order valence-electron chi connectivity index (χ1n) is 7.64. The molecule has 2 rings (SSSR count). The van der Waals surface area contributed by atoms with Crippen LogP contribution in [0.1, 0.15) is 38.8 Å². The summed E-state index contributed by atoms with van der Waals surface area (Å²) in [6.07, 6.45) is 1.11. The molecule has 0 N–H and O–H groups in total. The molecule has 0 radical (unpaired) electrons. The van der Waals surface area contributed by atoms with E-state index in [4.69, 9.17) is 16.3 Å². The van der Waals surface area contributed by atoms with E-state index in [0.717, 1.165) is 34.2 Å². The van der Waals surface area contributed by atoms with Crippen LogP contribution in [0.15, 0.2) is 17.0 Å². The fraction of sp³-hybridized carbons (Fsp3) is 0.529. The molecule has 0 aliphatic carbocycles. The van der Waals surface area contributed by atoms with Gasteiger partial charge < -0.3 is 9.64 Å². The van der Waals surface area contributed by atoms with Gasteiger partial charge in [0.2, 0.25) is 0 Å². The van der Waals surface area contributed by atoms with Gasteiger partial charge in [0.15, 0.2) is 5.12 Å². The Kier molecular flexibility index (Phi) is 5.63. The molecule has 0 atom stereocenters. The molecule has 6 heteroatoms. The van der Waals surface area contributed by atoms with Crippen molar-refractivity contribution in [1.29, 1.82) is 0 Å². The molecule has 1 amide bonds. The second-order valence-corrected chi connectivity index (χ2v) is 8.17. The van der Waals surface area contributed by atoms with Gasteiger partial charge in [-0.25, -0.2) is 4.79 Å². The van der Waals surface area contributed by atoms with Crippen LogP contribution in [0.4, 0.5) is 4.79 Å². The van der Waals surface area contributed by atoms with Crippen molar-refractivity contribution in [3.63, 3.8) is 0 Å². The number of carbonyl (C=O) groups excluding carboxylic acids is 2. The second kappa shape index (κ2) is 7.14. The summed E-state index contributed by atoms with van der Waals surface area (Å²) in [6.45, 7) is 8.28. The van der Waals surface area contributed by atoms with E-state index in [1.165, 1.54) is 6.92 Å². The lowest BCUT2D eigenvalue weighted by Crippen LogP contribution is -2.38. The van der Waals surface area contributed by atoms with Gasteiger partial charge in [0.1, 0.15) is 5.60 Å². The van der Waals surface area contributed by atoms with Crippen molar-refractivity contribution in [3.05, 3.63) is 28.3 Å². The summed E-state index contributed by atoms with van der Waals surface area (Å²) in [6, 6.07) is 3.81. The van der Waals surface area contributed by atoms with Crippen LogP contribution >= 0.6 is 23.4 Å². The first kappa shape index (κ1) is 18.1. The number of carbonyl (C=O) groups is 2. The average Bonchev–Trinajstić information content (AvgIpc) is 2.62. The maximum atomic E-state index is 12.3. The summed E-state index contributed by atoms with van der Waals surface area (Å²) in [4.78, 5) is 26.3. The zero-order chi connectivity index (χ0) is 17.2. The van der Waals surface area contributed by atoms with Crippen molar-refractivity contribution in [3.8, 4) is 0 Å². The molecule has 0 saturated heterocycles. The van der Waals surface area contributed by atoms with Crippen LogP contribution in [0.3, 0.4) is 0 Å². The van der Waals surface area contributed by atoms with Crippen molar-refractivity contribution in [2.45, 2.75) is 51.0 Å². The van der Waals surface area contributed by atoms with E-state index in [1.54, 1.807) is 4.90 Å². The molecular weight excluding hydrogens is 334 g/mol. The number of rotatable bonds is 1. The van der Waals surface area contributed by atoms with E-state index >= 15 is 0 Å². The molecule has 1 heterocycles. The van der Waals surface area contributed by atoms with Crippen molar-refractivity contribution < 1.29 is 14.3 Å². The van der Waals surface area contributed by atoms with Crippen molar-refractivity contribution in [2.75, 3.05) is 13.1 Å². The lowest BCUT2D eigenvalue weighted by Gasteiger charge is -2.26. The third kappa shape index (κ3) is 4.88. The molecule has 23 heavy (non-hydrogen) atoms. The van der Waals surface area contributed by atoms with Gasteiger partial charge in [-0.2, -0.15) is 0 Å². The number of nitrogens with zero attached hydrogens (tertiary/aromatic N) is 1. The highest BCUT2D eigenvalue weighted by Gasteiger charge is 2.25. The van der Waals surface area contributed by atoms with Gasteiger partial charge in [0.25, 0.3) is 0 Å². The van der Waals surface area contributed by atoms with Crippen molar-refractivity contribution in [1.82, 2.24) is 4.90 Å². The first-order chi connectivity index (χ1) is 10.7. The predicted molar refractivity (Wildman–Crippen MR) is 93.2 cm³/mol. The molecule has 1 aliphatic heterocycles.